The van der Waals surface area contributed by atoms with E-state index in [-0.39, 0.29) is 5.56 Å². The number of nitrogens with zero attached hydrogens (tertiary/aromatic N) is 8. The maximum absolute atomic E-state index is 13.5. The van der Waals surface area contributed by atoms with Gasteiger partial charge in [0.25, 0.3) is 5.56 Å². The lowest BCUT2D eigenvalue weighted by atomic mass is 10.1. The summed E-state index contributed by atoms with van der Waals surface area (Å²) in [6.07, 6.45) is 13.0. The number of fused-ring (bicyclic) bond motifs is 2. The van der Waals surface area contributed by atoms with Gasteiger partial charge in [-0.05, 0) is 38.2 Å². The molecule has 33 heavy (non-hydrogen) atoms. The molecular formula is C21H20Cl2N8OS. The van der Waals surface area contributed by atoms with Gasteiger partial charge in [-0.15, -0.1) is 0 Å². The number of allylic oxidation sites excluding steroid dienone is 4. The van der Waals surface area contributed by atoms with Crippen LogP contribution in [-0.4, -0.2) is 46.6 Å². The molecule has 0 saturated heterocycles. The van der Waals surface area contributed by atoms with Gasteiger partial charge in [0, 0.05) is 18.4 Å². The third-order valence-corrected chi connectivity index (χ3v) is 6.52. The molecule has 0 atom stereocenters. The summed E-state index contributed by atoms with van der Waals surface area (Å²) in [4.78, 5) is 24.7. The maximum atomic E-state index is 13.5. The summed E-state index contributed by atoms with van der Waals surface area (Å²) in [5.41, 5.74) is 1.43. The smallest absolute Gasteiger partial charge is 0.284 e. The first kappa shape index (κ1) is 22.0. The molecule has 4 aromatic heterocycles. The van der Waals surface area contributed by atoms with Gasteiger partial charge in [0.1, 0.15) is 10.5 Å². The van der Waals surface area contributed by atoms with Crippen molar-refractivity contribution in [3.8, 4) is 0 Å². The summed E-state index contributed by atoms with van der Waals surface area (Å²) < 4.78 is 4.77. The van der Waals surface area contributed by atoms with Crippen LogP contribution in [0.4, 0.5) is 5.95 Å². The first-order chi connectivity index (χ1) is 16.0. The van der Waals surface area contributed by atoms with Crippen LogP contribution in [0, 0.1) is 0 Å². The van der Waals surface area contributed by atoms with Gasteiger partial charge in [-0.25, -0.2) is 9.50 Å². The van der Waals surface area contributed by atoms with Crippen molar-refractivity contribution < 1.29 is 0 Å². The van der Waals surface area contributed by atoms with Gasteiger partial charge in [-0.1, -0.05) is 47.1 Å². The fraction of sp³-hybridized carbons (Fsp3) is 0.286. The van der Waals surface area contributed by atoms with Gasteiger partial charge >= 0.3 is 0 Å². The molecule has 0 amide bonds. The highest BCUT2D eigenvalue weighted by molar-refractivity contribution is 7.98. The van der Waals surface area contributed by atoms with E-state index in [2.05, 4.69) is 21.1 Å². The van der Waals surface area contributed by atoms with Gasteiger partial charge in [0.2, 0.25) is 5.95 Å². The zero-order valence-electron chi connectivity index (χ0n) is 17.9. The summed E-state index contributed by atoms with van der Waals surface area (Å²) in [6, 6.07) is 1.67. The number of aromatic nitrogens is 7. The number of rotatable bonds is 6. The normalized spacial score (nSPS) is 13.8. The molecule has 12 heteroatoms. The third kappa shape index (κ3) is 3.81. The van der Waals surface area contributed by atoms with E-state index in [0.29, 0.717) is 51.2 Å². The van der Waals surface area contributed by atoms with Crippen molar-refractivity contribution in [2.75, 3.05) is 17.7 Å². The molecule has 0 spiro atoms. The molecule has 0 unspecified atom stereocenters. The zero-order valence-corrected chi connectivity index (χ0v) is 20.3. The Morgan fingerprint density at radius 2 is 2.06 bits per heavy atom. The Labute approximate surface area is 203 Å². The minimum absolute atomic E-state index is 0.219. The predicted octanol–water partition coefficient (Wildman–Crippen LogP) is 4.18. The second kappa shape index (κ2) is 8.85. The molecule has 5 rings (SSSR count). The van der Waals surface area contributed by atoms with Crippen LogP contribution in [0.1, 0.15) is 25.6 Å². The molecule has 4 heterocycles. The summed E-state index contributed by atoms with van der Waals surface area (Å²) in [5, 5.41) is 10.5. The average molecular weight is 503 g/mol. The van der Waals surface area contributed by atoms with E-state index in [1.807, 2.05) is 30.2 Å². The Morgan fingerprint density at radius 1 is 1.21 bits per heavy atom. The van der Waals surface area contributed by atoms with E-state index >= 15 is 0 Å². The number of halogens is 2. The van der Waals surface area contributed by atoms with Crippen molar-refractivity contribution in [1.82, 2.24) is 33.8 Å². The molecule has 170 valence electrons. The second-order valence-electron chi connectivity index (χ2n) is 7.37. The van der Waals surface area contributed by atoms with Gasteiger partial charge < -0.3 is 4.90 Å². The zero-order chi connectivity index (χ0) is 23.1. The molecular weight excluding hydrogens is 483 g/mol. The van der Waals surface area contributed by atoms with Crippen molar-refractivity contribution >= 4 is 57.8 Å². The number of anilines is 1. The van der Waals surface area contributed by atoms with Crippen molar-refractivity contribution in [2.45, 2.75) is 31.5 Å². The lowest BCUT2D eigenvalue weighted by molar-refractivity contribution is 0.662. The predicted molar refractivity (Wildman–Crippen MR) is 131 cm³/mol. The fourth-order valence-electron chi connectivity index (χ4n) is 3.82. The van der Waals surface area contributed by atoms with Gasteiger partial charge in [-0.3, -0.25) is 9.36 Å². The number of hydrogen-bond donors (Lipinski definition) is 0. The second-order valence-corrected chi connectivity index (χ2v) is 8.96. The molecule has 0 aromatic carbocycles. The van der Waals surface area contributed by atoms with Crippen LogP contribution >= 0.6 is 35.0 Å². The van der Waals surface area contributed by atoms with E-state index in [9.17, 15) is 4.79 Å². The highest BCUT2D eigenvalue weighted by Crippen LogP contribution is 2.25. The van der Waals surface area contributed by atoms with Gasteiger partial charge in [0.05, 0.1) is 17.8 Å². The molecule has 0 bridgehead atoms. The minimum atomic E-state index is -0.219. The standard InChI is InChI=1S/C21H20Cl2N8OS/c1-3-28(21-26-20(33-2)25-18-15(23)11-24-31(18)21)12-16-27-29-10-9-14(22)17(29)19(32)30(16)13-7-5-4-6-8-13/h5,7-11H,3-4,6,12H2,1-2H3. The van der Waals surface area contributed by atoms with Crippen LogP contribution in [0.3, 0.4) is 0 Å². The Morgan fingerprint density at radius 3 is 2.79 bits per heavy atom. The lowest BCUT2D eigenvalue weighted by Gasteiger charge is -2.24. The van der Waals surface area contributed by atoms with E-state index in [1.54, 1.807) is 27.5 Å². The first-order valence-corrected chi connectivity index (χ1v) is 12.4. The molecule has 4 aromatic rings. The summed E-state index contributed by atoms with van der Waals surface area (Å²) in [5.74, 6) is 1.12. The van der Waals surface area contributed by atoms with E-state index in [0.717, 1.165) is 18.5 Å². The Balaban J connectivity index is 1.69. The van der Waals surface area contributed by atoms with Gasteiger partial charge in [-0.2, -0.15) is 19.7 Å². The first-order valence-electron chi connectivity index (χ1n) is 10.4. The molecule has 0 saturated carbocycles. The SMILES string of the molecule is CCN(Cc1nn2ccc(Cl)c2c(=O)n1C1=CCCC=C1)c1nc(SC)nc2c(Cl)cnn12. The average Bonchev–Trinajstić information content (AvgIpc) is 3.40. The van der Waals surface area contributed by atoms with Crippen LogP contribution in [0.5, 0.6) is 0 Å². The Kier molecular flexibility index (Phi) is 5.90. The van der Waals surface area contributed by atoms with Crippen LogP contribution in [0.15, 0.2) is 46.6 Å². The van der Waals surface area contributed by atoms with Crippen LogP contribution in [0.25, 0.3) is 16.9 Å². The van der Waals surface area contributed by atoms with Crippen LogP contribution in [0.2, 0.25) is 10.0 Å². The van der Waals surface area contributed by atoms with Crippen LogP contribution in [-0.2, 0) is 6.54 Å². The highest BCUT2D eigenvalue weighted by Gasteiger charge is 2.22. The molecule has 0 N–H and O–H groups in total. The monoisotopic (exact) mass is 502 g/mol. The van der Waals surface area contributed by atoms with Crippen molar-refractivity contribution in [1.29, 1.82) is 0 Å². The summed E-state index contributed by atoms with van der Waals surface area (Å²) in [7, 11) is 0. The summed E-state index contributed by atoms with van der Waals surface area (Å²) >= 11 is 14.0. The third-order valence-electron chi connectivity index (χ3n) is 5.40. The highest BCUT2D eigenvalue weighted by atomic mass is 35.5. The van der Waals surface area contributed by atoms with E-state index < -0.39 is 0 Å². The number of thioether (sulfide) groups is 1. The largest absolute Gasteiger partial charge is 0.333 e. The van der Waals surface area contributed by atoms with E-state index in [4.69, 9.17) is 28.3 Å². The number of hydrogen-bond acceptors (Lipinski definition) is 7. The molecule has 1 aliphatic carbocycles. The quantitative estimate of drug-likeness (QED) is 0.365. The molecule has 0 aliphatic heterocycles. The summed E-state index contributed by atoms with van der Waals surface area (Å²) in [6.45, 7) is 2.90. The van der Waals surface area contributed by atoms with Gasteiger partial charge in [0.15, 0.2) is 16.6 Å². The molecule has 1 aliphatic rings. The Hall–Kier alpha value is -2.82. The van der Waals surface area contributed by atoms with Crippen molar-refractivity contribution in [2.24, 2.45) is 0 Å². The van der Waals surface area contributed by atoms with Crippen LogP contribution < -0.4 is 10.5 Å². The molecule has 0 fully saturated rings. The molecule has 9 nitrogen and oxygen atoms in total. The lowest BCUT2D eigenvalue weighted by Crippen LogP contribution is -2.33. The minimum Gasteiger partial charge on any atom is -0.333 e. The van der Waals surface area contributed by atoms with Crippen molar-refractivity contribution in [3.63, 3.8) is 0 Å². The maximum Gasteiger partial charge on any atom is 0.284 e. The Bertz CT molecular complexity index is 1490. The molecule has 0 radical (unpaired) electrons. The fourth-order valence-corrected chi connectivity index (χ4v) is 4.56. The van der Waals surface area contributed by atoms with Crippen molar-refractivity contribution in [3.05, 3.63) is 62.9 Å². The topological polar surface area (TPSA) is 85.6 Å². The van der Waals surface area contributed by atoms with E-state index in [1.165, 1.54) is 16.3 Å².